The van der Waals surface area contributed by atoms with Crippen LogP contribution in [-0.2, 0) is 11.3 Å². The highest BCUT2D eigenvalue weighted by Gasteiger charge is 2.10. The van der Waals surface area contributed by atoms with E-state index in [0.29, 0.717) is 35.6 Å². The van der Waals surface area contributed by atoms with Crippen LogP contribution in [-0.4, -0.2) is 21.2 Å². The van der Waals surface area contributed by atoms with Crippen LogP contribution < -0.4 is 16.4 Å². The molecule has 0 unspecified atom stereocenters. The van der Waals surface area contributed by atoms with Crippen LogP contribution in [0.1, 0.15) is 13.3 Å². The van der Waals surface area contributed by atoms with Gasteiger partial charge < -0.3 is 0 Å². The quantitative estimate of drug-likeness (QED) is 0.495. The molecule has 0 saturated carbocycles. The largest absolute Gasteiger partial charge is 0.277 e. The summed E-state index contributed by atoms with van der Waals surface area (Å²) in [5.41, 5.74) is 5.88. The van der Waals surface area contributed by atoms with Gasteiger partial charge in [0, 0.05) is 23.6 Å². The third-order valence-electron chi connectivity index (χ3n) is 3.83. The molecule has 0 aliphatic heterocycles. The van der Waals surface area contributed by atoms with E-state index in [9.17, 15) is 9.59 Å². The van der Waals surface area contributed by atoms with Crippen molar-refractivity contribution in [3.05, 3.63) is 65.0 Å². The molecule has 3 aromatic rings. The molecule has 0 aliphatic carbocycles. The molecule has 1 amide bonds. The fourth-order valence-corrected chi connectivity index (χ4v) is 3.40. The number of rotatable bonds is 7. The topological polar surface area (TPSA) is 76.0 Å². The molecule has 26 heavy (non-hydrogen) atoms. The Kier molecular flexibility index (Phi) is 5.91. The first kappa shape index (κ1) is 18.0. The highest BCUT2D eigenvalue weighted by molar-refractivity contribution is 7.99. The van der Waals surface area contributed by atoms with Gasteiger partial charge in [-0.05, 0) is 31.2 Å². The van der Waals surface area contributed by atoms with Crippen LogP contribution in [0.25, 0.3) is 10.9 Å². The second kappa shape index (κ2) is 8.53. The van der Waals surface area contributed by atoms with Crippen molar-refractivity contribution in [1.82, 2.24) is 15.0 Å². The predicted molar refractivity (Wildman–Crippen MR) is 105 cm³/mol. The molecule has 0 atom stereocenters. The number of hydrogen-bond donors (Lipinski definition) is 2. The highest BCUT2D eigenvalue weighted by atomic mass is 32.2. The van der Waals surface area contributed by atoms with Gasteiger partial charge in [0.25, 0.3) is 5.56 Å². The highest BCUT2D eigenvalue weighted by Crippen LogP contribution is 2.17. The number of aromatic nitrogens is 2. The molecule has 134 valence electrons. The maximum Gasteiger partial charge on any atom is 0.262 e. The van der Waals surface area contributed by atoms with Crippen molar-refractivity contribution in [2.24, 2.45) is 0 Å². The molecule has 0 saturated heterocycles. The normalized spacial score (nSPS) is 10.7. The first-order valence-electron chi connectivity index (χ1n) is 8.41. The standard InChI is InChI=1S/C19H20N4O2S/c1-2-23-18(25)15-10-6-7-11-16(15)20-19(23)22-21-17(24)12-13-26-14-8-4-3-5-9-14/h3-11H,2,12-13H2,1H3,(H,20,22)(H,21,24). The number of hydrogen-bond acceptors (Lipinski definition) is 5. The molecule has 3 rings (SSSR count). The second-order valence-corrected chi connectivity index (χ2v) is 6.75. The van der Waals surface area contributed by atoms with E-state index < -0.39 is 0 Å². The fraction of sp³-hybridized carbons (Fsp3) is 0.211. The Bertz CT molecular complexity index is 957. The van der Waals surface area contributed by atoms with Crippen molar-refractivity contribution >= 4 is 34.5 Å². The Hall–Kier alpha value is -2.80. The van der Waals surface area contributed by atoms with Gasteiger partial charge in [0.2, 0.25) is 11.9 Å². The molecule has 0 bridgehead atoms. The fourth-order valence-electron chi connectivity index (χ4n) is 2.52. The van der Waals surface area contributed by atoms with Gasteiger partial charge in [-0.15, -0.1) is 11.8 Å². The summed E-state index contributed by atoms with van der Waals surface area (Å²) in [6.07, 6.45) is 0.358. The van der Waals surface area contributed by atoms with E-state index in [4.69, 9.17) is 0 Å². The van der Waals surface area contributed by atoms with Crippen molar-refractivity contribution in [3.8, 4) is 0 Å². The van der Waals surface area contributed by atoms with Gasteiger partial charge in [-0.25, -0.2) is 4.98 Å². The number of nitrogens with zero attached hydrogens (tertiary/aromatic N) is 2. The predicted octanol–water partition coefficient (Wildman–Crippen LogP) is 3.04. The summed E-state index contributed by atoms with van der Waals surface area (Å²) >= 11 is 1.62. The van der Waals surface area contributed by atoms with E-state index in [1.807, 2.05) is 49.4 Å². The number of para-hydroxylation sites is 1. The number of carbonyl (C=O) groups is 1. The number of anilines is 1. The number of amides is 1. The first-order chi connectivity index (χ1) is 12.7. The van der Waals surface area contributed by atoms with Gasteiger partial charge in [-0.1, -0.05) is 30.3 Å². The van der Waals surface area contributed by atoms with E-state index in [-0.39, 0.29) is 11.5 Å². The van der Waals surface area contributed by atoms with Crippen LogP contribution in [0.4, 0.5) is 5.95 Å². The molecular formula is C19H20N4O2S. The molecule has 1 aromatic heterocycles. The summed E-state index contributed by atoms with van der Waals surface area (Å²) < 4.78 is 1.50. The Balaban J connectivity index is 1.62. The molecule has 2 aromatic carbocycles. The van der Waals surface area contributed by atoms with Gasteiger partial charge in [0.05, 0.1) is 10.9 Å². The maximum absolute atomic E-state index is 12.5. The lowest BCUT2D eigenvalue weighted by molar-refractivity contribution is -0.120. The van der Waals surface area contributed by atoms with Crippen LogP contribution in [0.2, 0.25) is 0 Å². The Morgan fingerprint density at radius 1 is 1.12 bits per heavy atom. The van der Waals surface area contributed by atoms with Gasteiger partial charge in [-0.2, -0.15) is 0 Å². The van der Waals surface area contributed by atoms with Gasteiger partial charge >= 0.3 is 0 Å². The minimum absolute atomic E-state index is 0.130. The first-order valence-corrected chi connectivity index (χ1v) is 9.40. The van der Waals surface area contributed by atoms with E-state index in [1.54, 1.807) is 23.9 Å². The number of benzene rings is 2. The van der Waals surface area contributed by atoms with Crippen molar-refractivity contribution in [2.45, 2.75) is 24.8 Å². The minimum Gasteiger partial charge on any atom is -0.277 e. The number of fused-ring (bicyclic) bond motifs is 1. The molecule has 2 N–H and O–H groups in total. The van der Waals surface area contributed by atoms with Gasteiger partial charge in [0.15, 0.2) is 0 Å². The SMILES string of the molecule is CCn1c(NNC(=O)CCSc2ccccc2)nc2ccccc2c1=O. The molecular weight excluding hydrogens is 348 g/mol. The summed E-state index contributed by atoms with van der Waals surface area (Å²) in [5.74, 6) is 0.849. The van der Waals surface area contributed by atoms with Crippen LogP contribution in [0.5, 0.6) is 0 Å². The average molecular weight is 368 g/mol. The number of thioether (sulfide) groups is 1. The molecule has 1 heterocycles. The van der Waals surface area contributed by atoms with Gasteiger partial charge in [-0.3, -0.25) is 25.0 Å². The second-order valence-electron chi connectivity index (χ2n) is 5.59. The van der Waals surface area contributed by atoms with Crippen molar-refractivity contribution in [1.29, 1.82) is 0 Å². The van der Waals surface area contributed by atoms with Gasteiger partial charge in [0.1, 0.15) is 0 Å². The van der Waals surface area contributed by atoms with E-state index in [1.165, 1.54) is 4.57 Å². The van der Waals surface area contributed by atoms with Crippen molar-refractivity contribution in [3.63, 3.8) is 0 Å². The minimum atomic E-state index is -0.154. The van der Waals surface area contributed by atoms with Crippen LogP contribution in [0.15, 0.2) is 64.3 Å². The summed E-state index contributed by atoms with van der Waals surface area (Å²) in [5, 5.41) is 0.561. The smallest absolute Gasteiger partial charge is 0.262 e. The summed E-state index contributed by atoms with van der Waals surface area (Å²) in [6.45, 7) is 2.32. The summed E-state index contributed by atoms with van der Waals surface area (Å²) in [6, 6.07) is 17.1. The molecule has 0 aliphatic rings. The molecule has 0 spiro atoms. The lowest BCUT2D eigenvalue weighted by Gasteiger charge is -2.14. The maximum atomic E-state index is 12.5. The number of hydrazine groups is 1. The van der Waals surface area contributed by atoms with Crippen LogP contribution >= 0.6 is 11.8 Å². The number of carbonyl (C=O) groups excluding carboxylic acids is 1. The Morgan fingerprint density at radius 3 is 2.62 bits per heavy atom. The van der Waals surface area contributed by atoms with E-state index >= 15 is 0 Å². The van der Waals surface area contributed by atoms with Crippen molar-refractivity contribution in [2.75, 3.05) is 11.2 Å². The molecule has 7 heteroatoms. The van der Waals surface area contributed by atoms with Crippen LogP contribution in [0, 0.1) is 0 Å². The Labute approximate surface area is 155 Å². The zero-order valence-electron chi connectivity index (χ0n) is 14.4. The summed E-state index contributed by atoms with van der Waals surface area (Å²) in [7, 11) is 0. The zero-order chi connectivity index (χ0) is 18.4. The third kappa shape index (κ3) is 4.23. The summed E-state index contributed by atoms with van der Waals surface area (Å²) in [4.78, 5) is 30.1. The zero-order valence-corrected chi connectivity index (χ0v) is 15.3. The third-order valence-corrected chi connectivity index (χ3v) is 4.85. The average Bonchev–Trinajstić information content (AvgIpc) is 2.67. The van der Waals surface area contributed by atoms with Crippen molar-refractivity contribution < 1.29 is 4.79 Å². The Morgan fingerprint density at radius 2 is 1.85 bits per heavy atom. The molecule has 0 radical (unpaired) electrons. The lowest BCUT2D eigenvalue weighted by Crippen LogP contribution is -2.34. The monoisotopic (exact) mass is 368 g/mol. The molecule has 0 fully saturated rings. The van der Waals surface area contributed by atoms with E-state index in [0.717, 1.165) is 4.90 Å². The van der Waals surface area contributed by atoms with E-state index in [2.05, 4.69) is 15.8 Å². The number of nitrogens with one attached hydrogen (secondary N) is 2. The lowest BCUT2D eigenvalue weighted by atomic mass is 10.2. The molecule has 6 nitrogen and oxygen atoms in total. The van der Waals surface area contributed by atoms with Crippen LogP contribution in [0.3, 0.4) is 0 Å².